The zero-order valence-electron chi connectivity index (χ0n) is 8.14. The van der Waals surface area contributed by atoms with E-state index in [0.29, 0.717) is 6.42 Å². The van der Waals surface area contributed by atoms with E-state index in [1.54, 1.807) is 12.2 Å². The number of allylic oxidation sites excluding steroid dienone is 1. The first-order valence-corrected chi connectivity index (χ1v) is 4.69. The lowest BCUT2D eigenvalue weighted by Gasteiger charge is -2.23. The third-order valence-corrected chi connectivity index (χ3v) is 2.58. The molecule has 15 heavy (non-hydrogen) atoms. The first kappa shape index (κ1) is 9.89. The van der Waals surface area contributed by atoms with Crippen LogP contribution in [0.15, 0.2) is 12.2 Å². The van der Waals surface area contributed by atoms with Crippen LogP contribution in [-0.2, 0) is 23.9 Å². The van der Waals surface area contributed by atoms with Crippen LogP contribution in [0.25, 0.3) is 0 Å². The zero-order valence-corrected chi connectivity index (χ0v) is 8.14. The summed E-state index contributed by atoms with van der Waals surface area (Å²) in [6, 6.07) is 0. The summed E-state index contributed by atoms with van der Waals surface area (Å²) in [5.74, 6) is -2.75. The molecule has 0 bridgehead atoms. The van der Waals surface area contributed by atoms with Crippen molar-refractivity contribution < 1.29 is 23.9 Å². The van der Waals surface area contributed by atoms with Crippen LogP contribution in [0.3, 0.4) is 0 Å². The Morgan fingerprint density at radius 1 is 1.47 bits per heavy atom. The predicted molar refractivity (Wildman–Crippen MR) is 47.4 cm³/mol. The number of fused-ring (bicyclic) bond motifs is 1. The van der Waals surface area contributed by atoms with Crippen molar-refractivity contribution in [2.45, 2.75) is 19.4 Å². The molecule has 0 aromatic heterocycles. The second kappa shape index (κ2) is 3.49. The standard InChI is InChI=1S/C10H10O5/c1-5(11)14-7-4-2-3-6-8(7)10(13)15-9(6)12/h2,4,6-8H,3H2,1H3/t6-,7-,8-/m1/s1. The molecule has 5 heteroatoms. The van der Waals surface area contributed by atoms with Crippen molar-refractivity contribution in [1.29, 1.82) is 0 Å². The average Bonchev–Trinajstić information content (AvgIpc) is 2.43. The van der Waals surface area contributed by atoms with Crippen molar-refractivity contribution in [2.75, 3.05) is 0 Å². The number of carbonyl (C=O) groups excluding carboxylic acids is 3. The van der Waals surface area contributed by atoms with E-state index in [4.69, 9.17) is 4.74 Å². The van der Waals surface area contributed by atoms with Gasteiger partial charge in [-0.15, -0.1) is 0 Å². The number of ether oxygens (including phenoxy) is 2. The van der Waals surface area contributed by atoms with E-state index in [0.717, 1.165) is 0 Å². The second-order valence-corrected chi connectivity index (χ2v) is 3.61. The van der Waals surface area contributed by atoms with Gasteiger partial charge in [0.1, 0.15) is 12.0 Å². The average molecular weight is 210 g/mol. The fourth-order valence-electron chi connectivity index (χ4n) is 1.94. The molecule has 0 spiro atoms. The lowest BCUT2D eigenvalue weighted by Crippen LogP contribution is -2.34. The van der Waals surface area contributed by atoms with Gasteiger partial charge in [0.25, 0.3) is 0 Å². The number of carbonyl (C=O) groups is 3. The van der Waals surface area contributed by atoms with E-state index in [9.17, 15) is 14.4 Å². The number of rotatable bonds is 1. The van der Waals surface area contributed by atoms with Gasteiger partial charge < -0.3 is 9.47 Å². The van der Waals surface area contributed by atoms with Crippen LogP contribution in [0.5, 0.6) is 0 Å². The molecule has 1 heterocycles. The third kappa shape index (κ3) is 1.65. The molecule has 0 N–H and O–H groups in total. The summed E-state index contributed by atoms with van der Waals surface area (Å²) < 4.78 is 9.46. The molecule has 3 atom stereocenters. The van der Waals surface area contributed by atoms with Gasteiger partial charge in [0.2, 0.25) is 0 Å². The Hall–Kier alpha value is -1.65. The van der Waals surface area contributed by atoms with Crippen molar-refractivity contribution in [1.82, 2.24) is 0 Å². The van der Waals surface area contributed by atoms with E-state index >= 15 is 0 Å². The molecule has 5 nitrogen and oxygen atoms in total. The van der Waals surface area contributed by atoms with E-state index in [2.05, 4.69) is 4.74 Å². The highest BCUT2D eigenvalue weighted by Crippen LogP contribution is 2.34. The predicted octanol–water partition coefficient (Wildman–Crippen LogP) is 0.194. The Balaban J connectivity index is 2.22. The van der Waals surface area contributed by atoms with Gasteiger partial charge in [-0.3, -0.25) is 14.4 Å². The van der Waals surface area contributed by atoms with Crippen LogP contribution in [0.4, 0.5) is 0 Å². The maximum absolute atomic E-state index is 11.3. The van der Waals surface area contributed by atoms with Crippen molar-refractivity contribution in [2.24, 2.45) is 11.8 Å². The second-order valence-electron chi connectivity index (χ2n) is 3.61. The Labute approximate surface area is 86.0 Å². The number of cyclic esters (lactones) is 2. The molecule has 0 aromatic rings. The topological polar surface area (TPSA) is 69.7 Å². The van der Waals surface area contributed by atoms with Crippen molar-refractivity contribution in [3.05, 3.63) is 12.2 Å². The van der Waals surface area contributed by atoms with Gasteiger partial charge >= 0.3 is 17.9 Å². The number of hydrogen-bond donors (Lipinski definition) is 0. The molecule has 2 rings (SSSR count). The third-order valence-electron chi connectivity index (χ3n) is 2.58. The summed E-state index contributed by atoms with van der Waals surface area (Å²) in [7, 11) is 0. The molecule has 1 aliphatic carbocycles. The van der Waals surface area contributed by atoms with E-state index in [-0.39, 0.29) is 0 Å². The van der Waals surface area contributed by atoms with Gasteiger partial charge in [0.05, 0.1) is 5.92 Å². The molecule has 0 aromatic carbocycles. The zero-order chi connectivity index (χ0) is 11.0. The van der Waals surface area contributed by atoms with Crippen molar-refractivity contribution >= 4 is 17.9 Å². The summed E-state index contributed by atoms with van der Waals surface area (Å²) in [5.41, 5.74) is 0. The minimum absolute atomic E-state index is 0.465. The molecule has 2 aliphatic rings. The summed E-state index contributed by atoms with van der Waals surface area (Å²) in [5, 5.41) is 0. The van der Waals surface area contributed by atoms with Gasteiger partial charge in [-0.2, -0.15) is 0 Å². The van der Waals surface area contributed by atoms with E-state index in [1.807, 2.05) is 0 Å². The minimum atomic E-state index is -0.666. The van der Waals surface area contributed by atoms with Gasteiger partial charge in [0.15, 0.2) is 0 Å². The molecule has 0 radical (unpaired) electrons. The van der Waals surface area contributed by atoms with Gasteiger partial charge in [-0.25, -0.2) is 0 Å². The SMILES string of the molecule is CC(=O)O[C@@H]1C=CC[C@H]2C(=O)OC(=O)[C@@H]12. The van der Waals surface area contributed by atoms with Crippen LogP contribution in [0, 0.1) is 11.8 Å². The minimum Gasteiger partial charge on any atom is -0.457 e. The summed E-state index contributed by atoms with van der Waals surface area (Å²) >= 11 is 0. The molecule has 0 unspecified atom stereocenters. The Morgan fingerprint density at radius 3 is 2.87 bits per heavy atom. The quantitative estimate of drug-likeness (QED) is 0.351. The molecule has 0 amide bonds. The van der Waals surface area contributed by atoms with E-state index in [1.165, 1.54) is 6.92 Å². The molecule has 1 fully saturated rings. The number of hydrogen-bond acceptors (Lipinski definition) is 5. The van der Waals surface area contributed by atoms with Crippen molar-refractivity contribution in [3.8, 4) is 0 Å². The largest absolute Gasteiger partial charge is 0.457 e. The number of esters is 3. The normalized spacial score (nSPS) is 33.5. The highest BCUT2D eigenvalue weighted by Gasteiger charge is 2.50. The maximum Gasteiger partial charge on any atom is 0.321 e. The Bertz CT molecular complexity index is 357. The Kier molecular flexibility index (Phi) is 2.30. The van der Waals surface area contributed by atoms with Crippen LogP contribution in [0.1, 0.15) is 13.3 Å². The molecular formula is C10H10O5. The lowest BCUT2D eigenvalue weighted by atomic mass is 9.83. The van der Waals surface area contributed by atoms with Crippen LogP contribution in [-0.4, -0.2) is 24.0 Å². The van der Waals surface area contributed by atoms with Crippen LogP contribution >= 0.6 is 0 Å². The maximum atomic E-state index is 11.3. The Morgan fingerprint density at radius 2 is 2.20 bits per heavy atom. The molecule has 1 aliphatic heterocycles. The summed E-state index contributed by atoms with van der Waals surface area (Å²) in [4.78, 5) is 33.4. The smallest absolute Gasteiger partial charge is 0.321 e. The lowest BCUT2D eigenvalue weighted by molar-refractivity contribution is -0.155. The van der Waals surface area contributed by atoms with Gasteiger partial charge in [-0.1, -0.05) is 6.08 Å². The van der Waals surface area contributed by atoms with Crippen LogP contribution in [0.2, 0.25) is 0 Å². The first-order chi connectivity index (χ1) is 7.09. The fourth-order valence-corrected chi connectivity index (χ4v) is 1.94. The molecule has 1 saturated heterocycles. The van der Waals surface area contributed by atoms with Crippen LogP contribution < -0.4 is 0 Å². The van der Waals surface area contributed by atoms with Gasteiger partial charge in [0, 0.05) is 6.92 Å². The molecular weight excluding hydrogens is 200 g/mol. The van der Waals surface area contributed by atoms with Crippen molar-refractivity contribution in [3.63, 3.8) is 0 Å². The van der Waals surface area contributed by atoms with E-state index < -0.39 is 35.8 Å². The molecule has 80 valence electrons. The summed E-state index contributed by atoms with van der Waals surface area (Å²) in [6.07, 6.45) is 3.16. The first-order valence-electron chi connectivity index (χ1n) is 4.69. The highest BCUT2D eigenvalue weighted by atomic mass is 16.6. The van der Waals surface area contributed by atoms with Gasteiger partial charge in [-0.05, 0) is 12.5 Å². The monoisotopic (exact) mass is 210 g/mol. The molecule has 0 saturated carbocycles. The summed E-state index contributed by atoms with van der Waals surface area (Å²) in [6.45, 7) is 1.26. The highest BCUT2D eigenvalue weighted by molar-refractivity contribution is 5.97. The fraction of sp³-hybridized carbons (Fsp3) is 0.500.